The van der Waals surface area contributed by atoms with Crippen LogP contribution in [0, 0.1) is 5.82 Å². The van der Waals surface area contributed by atoms with Crippen molar-refractivity contribution in [2.45, 2.75) is 12.8 Å². The molecule has 0 aliphatic heterocycles. The van der Waals surface area contributed by atoms with Crippen LogP contribution in [0.25, 0.3) is 0 Å². The molecule has 1 aromatic carbocycles. The van der Waals surface area contributed by atoms with Crippen molar-refractivity contribution in [3.63, 3.8) is 0 Å². The number of amides is 1. The van der Waals surface area contributed by atoms with E-state index in [2.05, 4.69) is 5.32 Å². The number of hydrogen-bond donors (Lipinski definition) is 1. The average molecular weight is 273 g/mol. The Morgan fingerprint density at radius 3 is 2.78 bits per heavy atom. The molecule has 0 unspecified atom stereocenters. The fraction of sp³-hybridized carbons (Fsp3) is 0.462. The summed E-state index contributed by atoms with van der Waals surface area (Å²) in [6, 6.07) is 4.41. The summed E-state index contributed by atoms with van der Waals surface area (Å²) in [7, 11) is 3.95. The molecule has 0 heterocycles. The molecule has 0 aliphatic carbocycles. The van der Waals surface area contributed by atoms with Gasteiger partial charge in [-0.2, -0.15) is 0 Å². The highest BCUT2D eigenvalue weighted by molar-refractivity contribution is 6.31. The van der Waals surface area contributed by atoms with Crippen LogP contribution in [0.1, 0.15) is 12.0 Å². The highest BCUT2D eigenvalue weighted by Gasteiger charge is 2.11. The number of halogens is 2. The molecule has 0 radical (unpaired) electrons. The summed E-state index contributed by atoms with van der Waals surface area (Å²) in [5, 5.41) is 3.04. The van der Waals surface area contributed by atoms with Gasteiger partial charge >= 0.3 is 0 Å². The summed E-state index contributed by atoms with van der Waals surface area (Å²) in [5.41, 5.74) is 0.254. The van der Waals surface area contributed by atoms with E-state index in [9.17, 15) is 9.18 Å². The normalized spacial score (nSPS) is 10.7. The van der Waals surface area contributed by atoms with Crippen molar-refractivity contribution in [1.82, 2.24) is 10.2 Å². The molecule has 3 nitrogen and oxygen atoms in total. The minimum atomic E-state index is -0.439. The summed E-state index contributed by atoms with van der Waals surface area (Å²) in [6.45, 7) is 1.49. The molecule has 0 aliphatic rings. The molecular formula is C13H18ClFN2O. The van der Waals surface area contributed by atoms with Crippen LogP contribution in [0.15, 0.2) is 18.2 Å². The maximum Gasteiger partial charge on any atom is 0.224 e. The lowest BCUT2D eigenvalue weighted by atomic mass is 10.1. The fourth-order valence-corrected chi connectivity index (χ4v) is 1.78. The SMILES string of the molecule is CN(C)CCCNC(=O)Cc1c(F)cccc1Cl. The largest absolute Gasteiger partial charge is 0.356 e. The molecule has 18 heavy (non-hydrogen) atoms. The summed E-state index contributed by atoms with van der Waals surface area (Å²) in [5.74, 6) is -0.647. The standard InChI is InChI=1S/C13H18ClFN2O/c1-17(2)8-4-7-16-13(18)9-10-11(14)5-3-6-12(10)15/h3,5-6H,4,7-9H2,1-2H3,(H,16,18). The van der Waals surface area contributed by atoms with Gasteiger partial charge in [0.15, 0.2) is 0 Å². The molecule has 0 spiro atoms. The summed E-state index contributed by atoms with van der Waals surface area (Å²) in [4.78, 5) is 13.7. The number of nitrogens with one attached hydrogen (secondary N) is 1. The summed E-state index contributed by atoms with van der Waals surface area (Å²) in [6.07, 6.45) is 0.844. The van der Waals surface area contributed by atoms with Gasteiger partial charge in [0, 0.05) is 17.1 Å². The molecule has 0 aromatic heterocycles. The first-order chi connectivity index (χ1) is 8.50. The zero-order chi connectivity index (χ0) is 13.5. The van der Waals surface area contributed by atoms with E-state index in [0.717, 1.165) is 13.0 Å². The van der Waals surface area contributed by atoms with E-state index in [1.807, 2.05) is 19.0 Å². The minimum absolute atomic E-state index is 0.0204. The van der Waals surface area contributed by atoms with Crippen LogP contribution in [0.4, 0.5) is 4.39 Å². The second-order valence-electron chi connectivity index (χ2n) is 4.38. The number of benzene rings is 1. The van der Waals surface area contributed by atoms with Gasteiger partial charge in [-0.1, -0.05) is 17.7 Å². The third-order valence-electron chi connectivity index (χ3n) is 2.50. The van der Waals surface area contributed by atoms with Crippen LogP contribution >= 0.6 is 11.6 Å². The summed E-state index contributed by atoms with van der Waals surface area (Å²) < 4.78 is 13.4. The Morgan fingerprint density at radius 2 is 2.17 bits per heavy atom. The smallest absolute Gasteiger partial charge is 0.224 e. The Hall–Kier alpha value is -1.13. The second kappa shape index (κ2) is 7.34. The zero-order valence-electron chi connectivity index (χ0n) is 10.7. The molecular weight excluding hydrogens is 255 g/mol. The van der Waals surface area contributed by atoms with Crippen molar-refractivity contribution in [3.8, 4) is 0 Å². The predicted octanol–water partition coefficient (Wildman–Crippen LogP) is 2.09. The van der Waals surface area contributed by atoms with E-state index in [-0.39, 0.29) is 17.9 Å². The molecule has 1 amide bonds. The predicted molar refractivity (Wildman–Crippen MR) is 71.3 cm³/mol. The lowest BCUT2D eigenvalue weighted by Gasteiger charge is -2.10. The molecule has 0 saturated heterocycles. The van der Waals surface area contributed by atoms with E-state index >= 15 is 0 Å². The third kappa shape index (κ3) is 5.02. The third-order valence-corrected chi connectivity index (χ3v) is 2.86. The van der Waals surface area contributed by atoms with E-state index in [0.29, 0.717) is 11.6 Å². The lowest BCUT2D eigenvalue weighted by molar-refractivity contribution is -0.120. The average Bonchev–Trinajstić information content (AvgIpc) is 2.29. The Bertz CT molecular complexity index is 390. The van der Waals surface area contributed by atoms with Crippen molar-refractivity contribution in [2.75, 3.05) is 27.2 Å². The number of hydrogen-bond acceptors (Lipinski definition) is 2. The molecule has 0 saturated carbocycles. The van der Waals surface area contributed by atoms with Crippen LogP contribution in [0.5, 0.6) is 0 Å². The number of rotatable bonds is 6. The summed E-state index contributed by atoms with van der Waals surface area (Å²) >= 11 is 5.85. The Kier molecular flexibility index (Phi) is 6.09. The van der Waals surface area contributed by atoms with Gasteiger partial charge in [0.25, 0.3) is 0 Å². The van der Waals surface area contributed by atoms with Gasteiger partial charge < -0.3 is 10.2 Å². The highest BCUT2D eigenvalue weighted by atomic mass is 35.5. The molecule has 0 bridgehead atoms. The van der Waals surface area contributed by atoms with Gasteiger partial charge in [0.05, 0.1) is 6.42 Å². The van der Waals surface area contributed by atoms with E-state index in [1.165, 1.54) is 12.1 Å². The van der Waals surface area contributed by atoms with Gasteiger partial charge in [-0.3, -0.25) is 4.79 Å². The van der Waals surface area contributed by atoms with Crippen molar-refractivity contribution < 1.29 is 9.18 Å². The first-order valence-electron chi connectivity index (χ1n) is 5.85. The zero-order valence-corrected chi connectivity index (χ0v) is 11.4. The first kappa shape index (κ1) is 14.9. The minimum Gasteiger partial charge on any atom is -0.356 e. The van der Waals surface area contributed by atoms with Gasteiger partial charge in [-0.15, -0.1) is 0 Å². The highest BCUT2D eigenvalue weighted by Crippen LogP contribution is 2.19. The number of carbonyl (C=O) groups is 1. The van der Waals surface area contributed by atoms with Crippen molar-refractivity contribution >= 4 is 17.5 Å². The van der Waals surface area contributed by atoms with Crippen LogP contribution in [-0.2, 0) is 11.2 Å². The molecule has 1 aromatic rings. The second-order valence-corrected chi connectivity index (χ2v) is 4.79. The van der Waals surface area contributed by atoms with Gasteiger partial charge in [0.1, 0.15) is 5.82 Å². The van der Waals surface area contributed by atoms with Gasteiger partial charge in [-0.05, 0) is 39.2 Å². The monoisotopic (exact) mass is 272 g/mol. The van der Waals surface area contributed by atoms with Crippen molar-refractivity contribution in [2.24, 2.45) is 0 Å². The Balaban J connectivity index is 2.40. The van der Waals surface area contributed by atoms with Crippen LogP contribution in [0.2, 0.25) is 5.02 Å². The van der Waals surface area contributed by atoms with Crippen molar-refractivity contribution in [1.29, 1.82) is 0 Å². The van der Waals surface area contributed by atoms with Crippen LogP contribution < -0.4 is 5.32 Å². The van der Waals surface area contributed by atoms with Crippen LogP contribution in [0.3, 0.4) is 0 Å². The van der Waals surface area contributed by atoms with E-state index in [4.69, 9.17) is 11.6 Å². The van der Waals surface area contributed by atoms with Gasteiger partial charge in [0.2, 0.25) is 5.91 Å². The maximum absolute atomic E-state index is 13.4. The fourth-order valence-electron chi connectivity index (χ4n) is 1.55. The number of carbonyl (C=O) groups excluding carboxylic acids is 1. The molecule has 100 valence electrons. The van der Waals surface area contributed by atoms with E-state index < -0.39 is 5.82 Å². The topological polar surface area (TPSA) is 32.3 Å². The van der Waals surface area contributed by atoms with Gasteiger partial charge in [-0.25, -0.2) is 4.39 Å². The lowest BCUT2D eigenvalue weighted by Crippen LogP contribution is -2.28. The quantitative estimate of drug-likeness (QED) is 0.805. The Morgan fingerprint density at radius 1 is 1.44 bits per heavy atom. The first-order valence-corrected chi connectivity index (χ1v) is 6.23. The van der Waals surface area contributed by atoms with E-state index in [1.54, 1.807) is 6.07 Å². The maximum atomic E-state index is 13.4. The molecule has 0 fully saturated rings. The van der Waals surface area contributed by atoms with Crippen LogP contribution in [-0.4, -0.2) is 38.0 Å². The Labute approximate surface area is 112 Å². The van der Waals surface area contributed by atoms with Crippen molar-refractivity contribution in [3.05, 3.63) is 34.6 Å². The molecule has 1 N–H and O–H groups in total. The molecule has 5 heteroatoms. The molecule has 1 rings (SSSR count). The number of nitrogens with zero attached hydrogens (tertiary/aromatic N) is 1. The molecule has 0 atom stereocenters.